The van der Waals surface area contributed by atoms with Crippen molar-refractivity contribution < 1.29 is 4.74 Å². The van der Waals surface area contributed by atoms with E-state index in [9.17, 15) is 0 Å². The van der Waals surface area contributed by atoms with Crippen molar-refractivity contribution >= 4 is 15.9 Å². The summed E-state index contributed by atoms with van der Waals surface area (Å²) < 4.78 is 5.14. The molecule has 0 saturated heterocycles. The van der Waals surface area contributed by atoms with Gasteiger partial charge in [0.25, 0.3) is 0 Å². The standard InChI is InChI=1S/C15H21BrO/c1-17-10-4-6-12-5-2-3-7-14(12)15(11-16)13-8-9-13/h2-3,5,7,13,15H,4,6,8-11H2,1H3. The molecule has 0 amide bonds. The molecule has 17 heavy (non-hydrogen) atoms. The maximum atomic E-state index is 5.14. The van der Waals surface area contributed by atoms with Crippen molar-refractivity contribution in [2.45, 2.75) is 31.6 Å². The zero-order valence-electron chi connectivity index (χ0n) is 10.5. The third-order valence-corrected chi connectivity index (χ3v) is 4.30. The summed E-state index contributed by atoms with van der Waals surface area (Å²) in [6, 6.07) is 8.92. The van der Waals surface area contributed by atoms with Gasteiger partial charge in [-0.3, -0.25) is 0 Å². The summed E-state index contributed by atoms with van der Waals surface area (Å²) in [5, 5.41) is 1.10. The molecule has 1 aliphatic carbocycles. The minimum absolute atomic E-state index is 0.716. The van der Waals surface area contributed by atoms with Gasteiger partial charge in [-0.05, 0) is 48.6 Å². The lowest BCUT2D eigenvalue weighted by Crippen LogP contribution is -2.07. The molecule has 0 radical (unpaired) electrons. The van der Waals surface area contributed by atoms with Crippen LogP contribution in [0.5, 0.6) is 0 Å². The molecule has 1 aromatic carbocycles. The molecule has 94 valence electrons. The number of benzene rings is 1. The van der Waals surface area contributed by atoms with Gasteiger partial charge in [0.05, 0.1) is 0 Å². The van der Waals surface area contributed by atoms with Crippen LogP contribution >= 0.6 is 15.9 Å². The summed E-state index contributed by atoms with van der Waals surface area (Å²) in [6.07, 6.45) is 5.07. The van der Waals surface area contributed by atoms with E-state index in [0.717, 1.165) is 30.7 Å². The van der Waals surface area contributed by atoms with E-state index in [1.54, 1.807) is 12.7 Å². The highest BCUT2D eigenvalue weighted by Gasteiger charge is 2.32. The first kappa shape index (κ1) is 13.1. The molecule has 1 nitrogen and oxygen atoms in total. The minimum Gasteiger partial charge on any atom is -0.385 e. The summed E-state index contributed by atoms with van der Waals surface area (Å²) in [5.74, 6) is 1.63. The van der Waals surface area contributed by atoms with Crippen LogP contribution in [0.3, 0.4) is 0 Å². The second-order valence-corrected chi connectivity index (χ2v) is 5.54. The van der Waals surface area contributed by atoms with Gasteiger partial charge in [0.1, 0.15) is 0 Å². The van der Waals surface area contributed by atoms with E-state index in [1.165, 1.54) is 18.4 Å². The molecule has 0 aromatic heterocycles. The zero-order valence-corrected chi connectivity index (χ0v) is 12.1. The molecular weight excluding hydrogens is 276 g/mol. The summed E-state index contributed by atoms with van der Waals surface area (Å²) in [5.41, 5.74) is 3.07. The molecule has 0 aliphatic heterocycles. The molecule has 1 atom stereocenters. The van der Waals surface area contributed by atoms with Gasteiger partial charge in [0.2, 0.25) is 0 Å². The summed E-state index contributed by atoms with van der Waals surface area (Å²) in [4.78, 5) is 0. The van der Waals surface area contributed by atoms with Crippen molar-refractivity contribution in [3.05, 3.63) is 35.4 Å². The predicted octanol–water partition coefficient (Wildman–Crippen LogP) is 4.15. The average molecular weight is 297 g/mol. The van der Waals surface area contributed by atoms with Crippen molar-refractivity contribution in [2.24, 2.45) is 5.92 Å². The Hall–Kier alpha value is -0.340. The number of halogens is 1. The Morgan fingerprint density at radius 3 is 2.76 bits per heavy atom. The van der Waals surface area contributed by atoms with E-state index in [4.69, 9.17) is 4.74 Å². The third kappa shape index (κ3) is 3.56. The van der Waals surface area contributed by atoms with Crippen molar-refractivity contribution in [1.82, 2.24) is 0 Å². The zero-order chi connectivity index (χ0) is 12.1. The molecule has 0 spiro atoms. The molecule has 0 heterocycles. The maximum absolute atomic E-state index is 5.14. The van der Waals surface area contributed by atoms with Crippen LogP contribution in [-0.4, -0.2) is 19.0 Å². The lowest BCUT2D eigenvalue weighted by Gasteiger charge is -2.18. The van der Waals surface area contributed by atoms with Gasteiger partial charge in [-0.2, -0.15) is 0 Å². The Morgan fingerprint density at radius 2 is 2.12 bits per heavy atom. The number of methoxy groups -OCH3 is 1. The van der Waals surface area contributed by atoms with E-state index in [2.05, 4.69) is 40.2 Å². The Balaban J connectivity index is 2.08. The highest BCUT2D eigenvalue weighted by molar-refractivity contribution is 9.09. The quantitative estimate of drug-likeness (QED) is 0.542. The van der Waals surface area contributed by atoms with Crippen molar-refractivity contribution in [2.75, 3.05) is 19.0 Å². The second kappa shape index (κ2) is 6.55. The highest BCUT2D eigenvalue weighted by Crippen LogP contribution is 2.44. The van der Waals surface area contributed by atoms with Crippen LogP contribution in [0, 0.1) is 5.92 Å². The molecule has 1 aliphatic rings. The summed E-state index contributed by atoms with van der Waals surface area (Å²) in [6.45, 7) is 0.858. The molecule has 1 fully saturated rings. The van der Waals surface area contributed by atoms with E-state index >= 15 is 0 Å². The molecule has 1 saturated carbocycles. The Kier molecular flexibility index (Phi) is 5.05. The summed E-state index contributed by atoms with van der Waals surface area (Å²) in [7, 11) is 1.78. The number of hydrogen-bond acceptors (Lipinski definition) is 1. The number of hydrogen-bond donors (Lipinski definition) is 0. The third-order valence-electron chi connectivity index (χ3n) is 3.61. The van der Waals surface area contributed by atoms with Crippen LogP contribution in [-0.2, 0) is 11.2 Å². The first-order valence-corrected chi connectivity index (χ1v) is 7.61. The fraction of sp³-hybridized carbons (Fsp3) is 0.600. The van der Waals surface area contributed by atoms with Gasteiger partial charge in [0, 0.05) is 19.0 Å². The second-order valence-electron chi connectivity index (χ2n) is 4.89. The van der Waals surface area contributed by atoms with E-state index < -0.39 is 0 Å². The summed E-state index contributed by atoms with van der Waals surface area (Å²) >= 11 is 3.68. The largest absolute Gasteiger partial charge is 0.385 e. The van der Waals surface area contributed by atoms with E-state index in [-0.39, 0.29) is 0 Å². The van der Waals surface area contributed by atoms with Crippen LogP contribution in [0.2, 0.25) is 0 Å². The molecule has 0 bridgehead atoms. The predicted molar refractivity (Wildman–Crippen MR) is 75.9 cm³/mol. The molecule has 2 heteroatoms. The smallest absolute Gasteiger partial charge is 0.0465 e. The normalized spacial score (nSPS) is 17.1. The highest BCUT2D eigenvalue weighted by atomic mass is 79.9. The van der Waals surface area contributed by atoms with Gasteiger partial charge in [-0.15, -0.1) is 0 Å². The first-order valence-electron chi connectivity index (χ1n) is 6.49. The number of ether oxygens (including phenoxy) is 1. The minimum atomic E-state index is 0.716. The molecule has 2 rings (SSSR count). The molecule has 0 N–H and O–H groups in total. The Labute approximate surface area is 113 Å². The van der Waals surface area contributed by atoms with Gasteiger partial charge in [-0.25, -0.2) is 0 Å². The molecule has 1 aromatic rings. The first-order chi connectivity index (χ1) is 8.36. The lowest BCUT2D eigenvalue weighted by molar-refractivity contribution is 0.195. The fourth-order valence-electron chi connectivity index (χ4n) is 2.49. The van der Waals surface area contributed by atoms with Crippen LogP contribution in [0.25, 0.3) is 0 Å². The monoisotopic (exact) mass is 296 g/mol. The molecular formula is C15H21BrO. The van der Waals surface area contributed by atoms with E-state index in [1.807, 2.05) is 0 Å². The maximum Gasteiger partial charge on any atom is 0.0465 e. The van der Waals surface area contributed by atoms with Gasteiger partial charge in [0.15, 0.2) is 0 Å². The number of aryl methyl sites for hydroxylation is 1. The van der Waals surface area contributed by atoms with Gasteiger partial charge < -0.3 is 4.74 Å². The van der Waals surface area contributed by atoms with Crippen molar-refractivity contribution in [1.29, 1.82) is 0 Å². The Morgan fingerprint density at radius 1 is 1.35 bits per heavy atom. The van der Waals surface area contributed by atoms with Gasteiger partial charge in [-0.1, -0.05) is 40.2 Å². The van der Waals surface area contributed by atoms with Crippen LogP contribution in [0.15, 0.2) is 24.3 Å². The SMILES string of the molecule is COCCCc1ccccc1C(CBr)C1CC1. The number of alkyl halides is 1. The topological polar surface area (TPSA) is 9.23 Å². The Bertz CT molecular complexity index is 347. The van der Waals surface area contributed by atoms with Crippen LogP contribution < -0.4 is 0 Å². The van der Waals surface area contributed by atoms with Crippen LogP contribution in [0.1, 0.15) is 36.3 Å². The van der Waals surface area contributed by atoms with Crippen LogP contribution in [0.4, 0.5) is 0 Å². The molecule has 1 unspecified atom stereocenters. The number of rotatable bonds is 7. The van der Waals surface area contributed by atoms with Gasteiger partial charge >= 0.3 is 0 Å². The average Bonchev–Trinajstić information content (AvgIpc) is 3.17. The van der Waals surface area contributed by atoms with Crippen molar-refractivity contribution in [3.63, 3.8) is 0 Å². The fourth-order valence-corrected chi connectivity index (χ4v) is 3.37. The van der Waals surface area contributed by atoms with Crippen molar-refractivity contribution in [3.8, 4) is 0 Å². The van der Waals surface area contributed by atoms with E-state index in [0.29, 0.717) is 5.92 Å². The lowest BCUT2D eigenvalue weighted by atomic mass is 9.90.